The lowest BCUT2D eigenvalue weighted by molar-refractivity contribution is 0.0936. The highest BCUT2D eigenvalue weighted by molar-refractivity contribution is 7.88. The van der Waals surface area contributed by atoms with E-state index in [1.807, 2.05) is 24.3 Å². The van der Waals surface area contributed by atoms with Gasteiger partial charge in [0.1, 0.15) is 11.4 Å². The summed E-state index contributed by atoms with van der Waals surface area (Å²) in [5, 5.41) is 15.1. The van der Waals surface area contributed by atoms with Crippen molar-refractivity contribution in [1.29, 1.82) is 0 Å². The molecule has 0 aromatic carbocycles. The Bertz CT molecular complexity index is 2630. The van der Waals surface area contributed by atoms with Crippen molar-refractivity contribution < 1.29 is 26.4 Å². The first kappa shape index (κ1) is 49.5. The molecule has 2 atom stereocenters. The van der Waals surface area contributed by atoms with Crippen LogP contribution in [0.1, 0.15) is 104 Å². The van der Waals surface area contributed by atoms with Crippen LogP contribution in [0.3, 0.4) is 0 Å². The van der Waals surface area contributed by atoms with E-state index < -0.39 is 25.3 Å². The van der Waals surface area contributed by atoms with E-state index in [9.17, 15) is 26.4 Å². The number of hydrogen-bond acceptors (Lipinski definition) is 14. The number of aromatic amines is 1. The third-order valence-corrected chi connectivity index (χ3v) is 17.2. The highest BCUT2D eigenvalue weighted by atomic mass is 35.5. The molecule has 63 heavy (non-hydrogen) atoms. The van der Waals surface area contributed by atoms with Crippen molar-refractivity contribution in [2.45, 2.75) is 76.0 Å². The Hall–Kier alpha value is -2.89. The first-order valence-corrected chi connectivity index (χ1v) is 28.4. The van der Waals surface area contributed by atoms with Gasteiger partial charge in [0, 0.05) is 69.9 Å². The maximum Gasteiger partial charge on any atom is 0.297 e. The Morgan fingerprint density at radius 3 is 1.73 bits per heavy atom. The standard InChI is InChI=1S/C20H23ClN4O3S3.C16H22ClN3O2S2.C4H2ClNOS/c1-31(27,28)24-9-2-3-14(8-10-24)17-11-15(4-5-16-6-7-19(21)30-16)25(23-17)20(26)18-12-29-13-22-18;1-24(21,22)20-9-2-3-12(8-10-20)15-11-13(18-19-15)4-5-14-6-7-16(17)23-14;5-4(7)3-1-8-2-6-3/h6-7,11-14H,2-5,8-10H2,1H3;6-7,11-12H,2-5,8-10H2,1H3,(H,18,19);1-2H. The van der Waals surface area contributed by atoms with Crippen molar-refractivity contribution in [3.8, 4) is 0 Å². The molecule has 0 radical (unpaired) electrons. The van der Waals surface area contributed by atoms with Crippen molar-refractivity contribution in [3.05, 3.63) is 111 Å². The minimum Gasteiger partial charge on any atom is -0.282 e. The second kappa shape index (κ2) is 23.0. The van der Waals surface area contributed by atoms with E-state index in [-0.39, 0.29) is 11.8 Å². The molecule has 14 nitrogen and oxygen atoms in total. The number of thiophene rings is 2. The van der Waals surface area contributed by atoms with Crippen LogP contribution < -0.4 is 0 Å². The summed E-state index contributed by atoms with van der Waals surface area (Å²) in [5.74, 6) is 0.210. The lowest BCUT2D eigenvalue weighted by Crippen LogP contribution is -2.30. The van der Waals surface area contributed by atoms with Crippen LogP contribution in [0.5, 0.6) is 0 Å². The van der Waals surface area contributed by atoms with Crippen LogP contribution in [0, 0.1) is 0 Å². The van der Waals surface area contributed by atoms with Crippen LogP contribution in [-0.4, -0.2) is 105 Å². The van der Waals surface area contributed by atoms with Gasteiger partial charge >= 0.3 is 0 Å². The fourth-order valence-electron chi connectivity index (χ4n) is 7.32. The number of hydrogen-bond donors (Lipinski definition) is 1. The predicted octanol–water partition coefficient (Wildman–Crippen LogP) is 9.02. The van der Waals surface area contributed by atoms with E-state index in [1.54, 1.807) is 37.4 Å². The van der Waals surface area contributed by atoms with E-state index in [0.29, 0.717) is 56.3 Å². The second-order valence-corrected chi connectivity index (χ2v) is 24.5. The Morgan fingerprint density at radius 1 is 0.714 bits per heavy atom. The van der Waals surface area contributed by atoms with Crippen molar-refractivity contribution in [2.75, 3.05) is 38.7 Å². The van der Waals surface area contributed by atoms with Crippen LogP contribution in [0.4, 0.5) is 0 Å². The summed E-state index contributed by atoms with van der Waals surface area (Å²) in [6.07, 6.45) is 10.8. The van der Waals surface area contributed by atoms with Gasteiger partial charge in [-0.3, -0.25) is 14.7 Å². The number of halogens is 3. The number of aromatic nitrogens is 6. The molecule has 340 valence electrons. The average molecular weight is 1030 g/mol. The molecule has 0 amide bonds. The largest absolute Gasteiger partial charge is 0.297 e. The molecule has 2 fully saturated rings. The van der Waals surface area contributed by atoms with Gasteiger partial charge in [-0.05, 0) is 112 Å². The summed E-state index contributed by atoms with van der Waals surface area (Å²) >= 11 is 22.9. The van der Waals surface area contributed by atoms with Crippen LogP contribution in [0.15, 0.2) is 58.2 Å². The third-order valence-electron chi connectivity index (χ3n) is 10.6. The van der Waals surface area contributed by atoms with Gasteiger partial charge in [0.2, 0.25) is 20.0 Å². The van der Waals surface area contributed by atoms with Crippen molar-refractivity contribution in [2.24, 2.45) is 0 Å². The predicted molar refractivity (Wildman–Crippen MR) is 254 cm³/mol. The summed E-state index contributed by atoms with van der Waals surface area (Å²) in [6, 6.07) is 12.0. The van der Waals surface area contributed by atoms with E-state index in [1.165, 1.54) is 60.4 Å². The number of H-pyrrole nitrogens is 1. The lowest BCUT2D eigenvalue weighted by Gasteiger charge is -2.16. The zero-order valence-corrected chi connectivity index (χ0v) is 41.7. The molecule has 1 N–H and O–H groups in total. The number of carbonyl (C=O) groups is 2. The number of nitrogens with one attached hydrogen (secondary N) is 1. The first-order valence-electron chi connectivity index (χ1n) is 20.1. The third kappa shape index (κ3) is 14.8. The molecule has 8 rings (SSSR count). The number of aryl methyl sites for hydroxylation is 4. The lowest BCUT2D eigenvalue weighted by atomic mass is 9.96. The van der Waals surface area contributed by atoms with Crippen molar-refractivity contribution >= 4 is 111 Å². The van der Waals surface area contributed by atoms with E-state index >= 15 is 0 Å². The van der Waals surface area contributed by atoms with Crippen LogP contribution >= 0.6 is 80.1 Å². The normalized spacial score (nSPS) is 17.8. The molecule has 2 aliphatic rings. The number of thiazole rings is 2. The maximum absolute atomic E-state index is 13.0. The molecule has 6 aromatic rings. The molecule has 0 bridgehead atoms. The van der Waals surface area contributed by atoms with E-state index in [4.69, 9.17) is 34.8 Å². The zero-order chi connectivity index (χ0) is 45.1. The molecule has 2 aliphatic heterocycles. The second-order valence-electron chi connectivity index (χ2n) is 15.1. The SMILES string of the molecule is CS(=O)(=O)N1CCCC(c2cc(CCc3ccc(Cl)s3)[nH]n2)CC1.CS(=O)(=O)N1CCCC(c2cc(CCc3ccc(Cl)s3)n(C(=O)c3cscn3)n2)CC1.O=C(Cl)c1cscn1. The summed E-state index contributed by atoms with van der Waals surface area (Å²) in [4.78, 5) is 33.5. The molecule has 23 heteroatoms. The molecule has 0 spiro atoms. The van der Waals surface area contributed by atoms with Gasteiger partial charge < -0.3 is 0 Å². The minimum atomic E-state index is -3.20. The van der Waals surface area contributed by atoms with Crippen LogP contribution in [0.2, 0.25) is 8.67 Å². The van der Waals surface area contributed by atoms with Gasteiger partial charge in [0.25, 0.3) is 11.1 Å². The maximum atomic E-state index is 13.0. The fourth-order valence-corrected chi connectivity index (χ4v) is 12.5. The highest BCUT2D eigenvalue weighted by Gasteiger charge is 2.28. The Kier molecular flexibility index (Phi) is 18.1. The number of sulfonamides is 2. The first-order chi connectivity index (χ1) is 30.0. The van der Waals surface area contributed by atoms with E-state index in [2.05, 4.69) is 37.4 Å². The quantitative estimate of drug-likeness (QED) is 0.116. The van der Waals surface area contributed by atoms with Gasteiger partial charge in [-0.1, -0.05) is 23.2 Å². The average Bonchev–Trinajstić information content (AvgIpc) is 4.10. The Balaban J connectivity index is 0.000000182. The number of nitrogens with zero attached hydrogens (tertiary/aromatic N) is 7. The van der Waals surface area contributed by atoms with Crippen LogP contribution in [0.25, 0.3) is 0 Å². The minimum absolute atomic E-state index is 0.117. The topological polar surface area (TPSA) is 181 Å². The summed E-state index contributed by atoms with van der Waals surface area (Å²) in [6.45, 7) is 2.20. The highest BCUT2D eigenvalue weighted by Crippen LogP contribution is 2.31. The molecular formula is C40H47Cl3N8O6S6. The summed E-state index contributed by atoms with van der Waals surface area (Å²) < 4.78 is 53.4. The van der Waals surface area contributed by atoms with Gasteiger partial charge in [0.15, 0.2) is 0 Å². The Labute approximate surface area is 398 Å². The number of carbonyl (C=O) groups excluding carboxylic acids is 2. The number of rotatable bonds is 12. The molecule has 0 aliphatic carbocycles. The molecule has 0 saturated carbocycles. The molecule has 2 unspecified atom stereocenters. The van der Waals surface area contributed by atoms with E-state index in [0.717, 1.165) is 87.7 Å². The van der Waals surface area contributed by atoms with Crippen LogP contribution in [-0.2, 0) is 45.7 Å². The fraction of sp³-hybridized carbons (Fsp3) is 0.450. The van der Waals surface area contributed by atoms with Gasteiger partial charge in [-0.2, -0.15) is 14.9 Å². The molecule has 2 saturated heterocycles. The molecule has 8 heterocycles. The molecule has 6 aromatic heterocycles. The van der Waals surface area contributed by atoms with Gasteiger partial charge in [-0.15, -0.1) is 45.3 Å². The van der Waals surface area contributed by atoms with Gasteiger partial charge in [0.05, 0.1) is 43.6 Å². The summed E-state index contributed by atoms with van der Waals surface area (Å²) in [7, 11) is -6.29. The zero-order valence-electron chi connectivity index (χ0n) is 34.5. The van der Waals surface area contributed by atoms with Crippen molar-refractivity contribution in [1.82, 2.24) is 38.6 Å². The van der Waals surface area contributed by atoms with Crippen molar-refractivity contribution in [3.63, 3.8) is 0 Å². The monoisotopic (exact) mass is 1030 g/mol. The molecular weight excluding hydrogens is 987 g/mol. The smallest absolute Gasteiger partial charge is 0.282 e. The van der Waals surface area contributed by atoms with Gasteiger partial charge in [-0.25, -0.2) is 35.4 Å². The Morgan fingerprint density at radius 2 is 1.25 bits per heavy atom. The summed E-state index contributed by atoms with van der Waals surface area (Å²) in [5.41, 5.74) is 7.77.